The van der Waals surface area contributed by atoms with E-state index in [4.69, 9.17) is 16.1 Å². The molecular weight excluding hydrogens is 346 g/mol. The number of halogens is 1. The number of hydrogen-bond donors (Lipinski definition) is 1. The van der Waals surface area contributed by atoms with Crippen LogP contribution in [-0.4, -0.2) is 16.0 Å². The number of carbonyl (C=O) groups is 1. The molecule has 2 heterocycles. The normalized spacial score (nSPS) is 10.9. The molecule has 4 rings (SSSR count). The van der Waals surface area contributed by atoms with Crippen LogP contribution in [0.2, 0.25) is 5.02 Å². The Bertz CT molecular complexity index is 991. The van der Waals surface area contributed by atoms with Crippen molar-refractivity contribution in [2.45, 2.75) is 0 Å². The Hall–Kier alpha value is -2.70. The zero-order valence-corrected chi connectivity index (χ0v) is 13.8. The lowest BCUT2D eigenvalue weighted by atomic mass is 10.1. The highest BCUT2D eigenvalue weighted by atomic mass is 35.5. The molecule has 0 atom stereocenters. The van der Waals surface area contributed by atoms with Crippen molar-refractivity contribution in [3.05, 3.63) is 65.3 Å². The first-order valence-electron chi connectivity index (χ1n) is 7.08. The van der Waals surface area contributed by atoms with Crippen molar-refractivity contribution in [1.29, 1.82) is 0 Å². The van der Waals surface area contributed by atoms with E-state index in [0.717, 1.165) is 15.8 Å². The second-order valence-electron chi connectivity index (χ2n) is 5.02. The van der Waals surface area contributed by atoms with Gasteiger partial charge in [-0.1, -0.05) is 40.2 Å². The maximum absolute atomic E-state index is 12.3. The van der Waals surface area contributed by atoms with Gasteiger partial charge < -0.3 is 4.52 Å². The third kappa shape index (κ3) is 2.89. The smallest absolute Gasteiger partial charge is 0.279 e. The molecule has 118 valence electrons. The van der Waals surface area contributed by atoms with E-state index in [1.807, 2.05) is 24.3 Å². The van der Waals surface area contributed by atoms with Gasteiger partial charge in [0, 0.05) is 16.7 Å². The summed E-state index contributed by atoms with van der Waals surface area (Å²) in [6.45, 7) is 0. The van der Waals surface area contributed by atoms with E-state index in [1.54, 1.807) is 30.3 Å². The van der Waals surface area contributed by atoms with Gasteiger partial charge in [-0.15, -0.1) is 0 Å². The molecule has 0 unspecified atom stereocenters. The third-order valence-corrected chi connectivity index (χ3v) is 4.59. The number of amides is 1. The van der Waals surface area contributed by atoms with E-state index in [0.29, 0.717) is 15.9 Å². The molecule has 0 saturated heterocycles. The van der Waals surface area contributed by atoms with E-state index < -0.39 is 0 Å². The fraction of sp³-hybridized carbons (Fsp3) is 0. The summed E-state index contributed by atoms with van der Waals surface area (Å²) in [5.74, 6) is 0.138. The monoisotopic (exact) mass is 355 g/mol. The standard InChI is InChI=1S/C17H10ClN3O2S/c18-11-7-5-10(6-8-11)14-9-13(21-23-14)16(22)20-17-19-12-3-1-2-4-15(12)24-17/h1-9H,(H,19,20,22). The number of benzene rings is 2. The molecule has 1 N–H and O–H groups in total. The van der Waals surface area contributed by atoms with Crippen LogP contribution in [-0.2, 0) is 0 Å². The minimum absolute atomic E-state index is 0.194. The van der Waals surface area contributed by atoms with Crippen LogP contribution in [0.4, 0.5) is 5.13 Å². The molecule has 0 aliphatic rings. The average Bonchev–Trinajstić information content (AvgIpc) is 3.21. The molecule has 0 bridgehead atoms. The lowest BCUT2D eigenvalue weighted by Crippen LogP contribution is -2.11. The molecule has 0 spiro atoms. The van der Waals surface area contributed by atoms with E-state index >= 15 is 0 Å². The Balaban J connectivity index is 1.55. The molecule has 0 saturated carbocycles. The first-order chi connectivity index (χ1) is 11.7. The van der Waals surface area contributed by atoms with Crippen LogP contribution in [0.15, 0.2) is 59.1 Å². The van der Waals surface area contributed by atoms with E-state index in [2.05, 4.69) is 15.5 Å². The summed E-state index contributed by atoms with van der Waals surface area (Å²) in [6.07, 6.45) is 0. The van der Waals surface area contributed by atoms with Crippen molar-refractivity contribution < 1.29 is 9.32 Å². The highest BCUT2D eigenvalue weighted by Gasteiger charge is 2.15. The number of carbonyl (C=O) groups excluding carboxylic acids is 1. The zero-order chi connectivity index (χ0) is 16.5. The Morgan fingerprint density at radius 3 is 2.71 bits per heavy atom. The average molecular weight is 356 g/mol. The van der Waals surface area contributed by atoms with E-state index in [-0.39, 0.29) is 11.6 Å². The summed E-state index contributed by atoms with van der Waals surface area (Å²) in [7, 11) is 0. The predicted octanol–water partition coefficient (Wildman–Crippen LogP) is 4.86. The van der Waals surface area contributed by atoms with Crippen molar-refractivity contribution >= 4 is 44.2 Å². The fourth-order valence-electron chi connectivity index (χ4n) is 2.22. The topological polar surface area (TPSA) is 68.0 Å². The van der Waals surface area contributed by atoms with E-state index in [1.165, 1.54) is 11.3 Å². The van der Waals surface area contributed by atoms with Crippen molar-refractivity contribution in [3.8, 4) is 11.3 Å². The Kier molecular flexibility index (Phi) is 3.76. The molecule has 4 aromatic rings. The molecule has 0 aliphatic heterocycles. The van der Waals surface area contributed by atoms with Crippen molar-refractivity contribution in [1.82, 2.24) is 10.1 Å². The van der Waals surface area contributed by atoms with Crippen LogP contribution >= 0.6 is 22.9 Å². The van der Waals surface area contributed by atoms with Crippen LogP contribution in [0, 0.1) is 0 Å². The fourth-order valence-corrected chi connectivity index (χ4v) is 3.21. The second-order valence-corrected chi connectivity index (χ2v) is 6.49. The molecule has 2 aromatic carbocycles. The summed E-state index contributed by atoms with van der Waals surface area (Å²) in [5, 5.41) is 7.73. The minimum Gasteiger partial charge on any atom is -0.355 e. The number of anilines is 1. The SMILES string of the molecule is O=C(Nc1nc2ccccc2s1)c1cc(-c2ccc(Cl)cc2)on1. The third-order valence-electron chi connectivity index (χ3n) is 3.39. The number of aromatic nitrogens is 2. The Morgan fingerprint density at radius 2 is 1.92 bits per heavy atom. The largest absolute Gasteiger partial charge is 0.355 e. The summed E-state index contributed by atoms with van der Waals surface area (Å²) >= 11 is 7.27. The van der Waals surface area contributed by atoms with Gasteiger partial charge in [-0.3, -0.25) is 10.1 Å². The molecule has 5 nitrogen and oxygen atoms in total. The maximum Gasteiger partial charge on any atom is 0.279 e. The van der Waals surface area contributed by atoms with Crippen LogP contribution in [0.5, 0.6) is 0 Å². The number of thiazole rings is 1. The molecular formula is C17H10ClN3O2S. The number of nitrogens with one attached hydrogen (secondary N) is 1. The first-order valence-corrected chi connectivity index (χ1v) is 8.28. The van der Waals surface area contributed by atoms with Crippen LogP contribution in [0.3, 0.4) is 0 Å². The number of nitrogens with zero attached hydrogens (tertiary/aromatic N) is 2. The molecule has 0 radical (unpaired) electrons. The lowest BCUT2D eigenvalue weighted by molar-refractivity contribution is 0.101. The first kappa shape index (κ1) is 14.9. The predicted molar refractivity (Wildman–Crippen MR) is 94.5 cm³/mol. The molecule has 7 heteroatoms. The lowest BCUT2D eigenvalue weighted by Gasteiger charge is -1.96. The molecule has 24 heavy (non-hydrogen) atoms. The van der Waals surface area contributed by atoms with Crippen LogP contribution in [0.1, 0.15) is 10.5 Å². The number of rotatable bonds is 3. The van der Waals surface area contributed by atoms with Gasteiger partial charge in [-0.25, -0.2) is 4.98 Å². The number of para-hydroxylation sites is 1. The molecule has 0 aliphatic carbocycles. The van der Waals surface area contributed by atoms with Crippen molar-refractivity contribution in [3.63, 3.8) is 0 Å². The van der Waals surface area contributed by atoms with Crippen molar-refractivity contribution in [2.75, 3.05) is 5.32 Å². The van der Waals surface area contributed by atoms with Gasteiger partial charge in [0.1, 0.15) is 0 Å². The van der Waals surface area contributed by atoms with Gasteiger partial charge >= 0.3 is 0 Å². The quantitative estimate of drug-likeness (QED) is 0.570. The highest BCUT2D eigenvalue weighted by Crippen LogP contribution is 2.26. The Morgan fingerprint density at radius 1 is 1.12 bits per heavy atom. The highest BCUT2D eigenvalue weighted by molar-refractivity contribution is 7.22. The second kappa shape index (κ2) is 6.07. The van der Waals surface area contributed by atoms with Gasteiger partial charge in [0.25, 0.3) is 5.91 Å². The van der Waals surface area contributed by atoms with Crippen LogP contribution < -0.4 is 5.32 Å². The van der Waals surface area contributed by atoms with Crippen molar-refractivity contribution in [2.24, 2.45) is 0 Å². The van der Waals surface area contributed by atoms with Crippen LogP contribution in [0.25, 0.3) is 21.5 Å². The molecule has 2 aromatic heterocycles. The van der Waals surface area contributed by atoms with Gasteiger partial charge in [-0.2, -0.15) is 0 Å². The summed E-state index contributed by atoms with van der Waals surface area (Å²) < 4.78 is 6.25. The molecule has 0 fully saturated rings. The zero-order valence-electron chi connectivity index (χ0n) is 12.2. The molecule has 1 amide bonds. The number of fused-ring (bicyclic) bond motifs is 1. The van der Waals surface area contributed by atoms with Gasteiger partial charge in [0.05, 0.1) is 10.2 Å². The summed E-state index contributed by atoms with van der Waals surface area (Å²) in [4.78, 5) is 16.7. The maximum atomic E-state index is 12.3. The minimum atomic E-state index is -0.363. The van der Waals surface area contributed by atoms with E-state index in [9.17, 15) is 4.79 Å². The summed E-state index contributed by atoms with van der Waals surface area (Å²) in [6, 6.07) is 16.4. The van der Waals surface area contributed by atoms with Gasteiger partial charge in [0.15, 0.2) is 16.6 Å². The number of hydrogen-bond acceptors (Lipinski definition) is 5. The van der Waals surface area contributed by atoms with Gasteiger partial charge in [-0.05, 0) is 36.4 Å². The summed E-state index contributed by atoms with van der Waals surface area (Å²) in [5.41, 5.74) is 1.84. The Labute approximate surface area is 145 Å². The van der Waals surface area contributed by atoms with Gasteiger partial charge in [0.2, 0.25) is 0 Å².